The van der Waals surface area contributed by atoms with Crippen LogP contribution in [-0.2, 0) is 11.3 Å². The Morgan fingerprint density at radius 1 is 1.32 bits per heavy atom. The van der Waals surface area contributed by atoms with Crippen LogP contribution in [0, 0.1) is 0 Å². The molecule has 1 aromatic rings. The van der Waals surface area contributed by atoms with Gasteiger partial charge in [-0.05, 0) is 37.6 Å². The summed E-state index contributed by atoms with van der Waals surface area (Å²) in [6, 6.07) is 5.99. The van der Waals surface area contributed by atoms with Crippen LogP contribution < -0.4 is 14.8 Å². The zero-order valence-corrected chi connectivity index (χ0v) is 11.8. The maximum Gasteiger partial charge on any atom is 0.161 e. The van der Waals surface area contributed by atoms with Gasteiger partial charge in [0.15, 0.2) is 11.5 Å². The van der Waals surface area contributed by atoms with Crippen LogP contribution in [-0.4, -0.2) is 26.9 Å². The van der Waals surface area contributed by atoms with Gasteiger partial charge in [-0.1, -0.05) is 12.6 Å². The van der Waals surface area contributed by atoms with E-state index in [1.165, 1.54) is 11.8 Å². The van der Waals surface area contributed by atoms with Gasteiger partial charge in [0, 0.05) is 6.54 Å². The predicted molar refractivity (Wildman–Crippen MR) is 76.6 cm³/mol. The summed E-state index contributed by atoms with van der Waals surface area (Å²) in [5.74, 6) is 1.56. The molecule has 1 rings (SSSR count). The van der Waals surface area contributed by atoms with Gasteiger partial charge in [-0.25, -0.2) is 0 Å². The highest BCUT2D eigenvalue weighted by molar-refractivity contribution is 5.42. The molecule has 1 N–H and O–H groups in total. The van der Waals surface area contributed by atoms with Crippen LogP contribution in [0.1, 0.15) is 18.9 Å². The van der Waals surface area contributed by atoms with Gasteiger partial charge in [-0.3, -0.25) is 0 Å². The van der Waals surface area contributed by atoms with Crippen molar-refractivity contribution < 1.29 is 14.2 Å². The molecular weight excluding hydrogens is 242 g/mol. The molecule has 0 saturated carbocycles. The van der Waals surface area contributed by atoms with E-state index in [1.807, 2.05) is 25.1 Å². The average Bonchev–Trinajstić information content (AvgIpc) is 2.44. The Bertz CT molecular complexity index is 380. The third-order valence-corrected chi connectivity index (χ3v) is 2.59. The highest BCUT2D eigenvalue weighted by Crippen LogP contribution is 2.27. The van der Waals surface area contributed by atoms with Crippen molar-refractivity contribution in [3.05, 3.63) is 36.6 Å². The third-order valence-electron chi connectivity index (χ3n) is 2.59. The van der Waals surface area contributed by atoms with Crippen molar-refractivity contribution in [2.24, 2.45) is 0 Å². The summed E-state index contributed by atoms with van der Waals surface area (Å²) in [7, 11) is 1.65. The Morgan fingerprint density at radius 3 is 2.84 bits per heavy atom. The van der Waals surface area contributed by atoms with Crippen LogP contribution in [0.3, 0.4) is 0 Å². The molecule has 0 amide bonds. The summed E-state index contributed by atoms with van der Waals surface area (Å²) in [6.45, 7) is 8.50. The van der Waals surface area contributed by atoms with E-state index in [9.17, 15) is 0 Å². The van der Waals surface area contributed by atoms with Gasteiger partial charge in [0.1, 0.15) is 0 Å². The number of benzene rings is 1. The van der Waals surface area contributed by atoms with E-state index in [0.717, 1.165) is 31.0 Å². The Balaban J connectivity index is 2.39. The fourth-order valence-corrected chi connectivity index (χ4v) is 1.69. The first-order valence-corrected chi connectivity index (χ1v) is 6.54. The van der Waals surface area contributed by atoms with Gasteiger partial charge in [0.05, 0.1) is 26.6 Å². The SMILES string of the molecule is C=COCCCNCc1ccc(OCC)c(OC)c1. The van der Waals surface area contributed by atoms with Gasteiger partial charge in [0.25, 0.3) is 0 Å². The summed E-state index contributed by atoms with van der Waals surface area (Å²) in [5, 5.41) is 3.35. The first-order valence-electron chi connectivity index (χ1n) is 6.54. The van der Waals surface area contributed by atoms with Crippen LogP contribution in [0.5, 0.6) is 11.5 Å². The largest absolute Gasteiger partial charge is 0.502 e. The van der Waals surface area contributed by atoms with E-state index >= 15 is 0 Å². The summed E-state index contributed by atoms with van der Waals surface area (Å²) < 4.78 is 15.8. The van der Waals surface area contributed by atoms with Crippen LogP contribution in [0.2, 0.25) is 0 Å². The molecule has 0 bridgehead atoms. The smallest absolute Gasteiger partial charge is 0.161 e. The van der Waals surface area contributed by atoms with E-state index in [1.54, 1.807) is 7.11 Å². The van der Waals surface area contributed by atoms with Crippen molar-refractivity contribution in [1.82, 2.24) is 5.32 Å². The van der Waals surface area contributed by atoms with Gasteiger partial charge in [-0.2, -0.15) is 0 Å². The molecule has 0 aromatic heterocycles. The summed E-state index contributed by atoms with van der Waals surface area (Å²) >= 11 is 0. The number of methoxy groups -OCH3 is 1. The Hall–Kier alpha value is -1.68. The van der Waals surface area contributed by atoms with E-state index in [-0.39, 0.29) is 0 Å². The van der Waals surface area contributed by atoms with Crippen molar-refractivity contribution in [2.75, 3.05) is 26.9 Å². The average molecular weight is 265 g/mol. The van der Waals surface area contributed by atoms with Crippen molar-refractivity contribution in [3.8, 4) is 11.5 Å². The molecule has 1 aromatic carbocycles. The number of rotatable bonds is 10. The summed E-state index contributed by atoms with van der Waals surface area (Å²) in [5.41, 5.74) is 1.17. The second-order valence-electron chi connectivity index (χ2n) is 3.99. The molecule has 0 radical (unpaired) electrons. The molecule has 106 valence electrons. The lowest BCUT2D eigenvalue weighted by Gasteiger charge is -2.11. The fraction of sp³-hybridized carbons (Fsp3) is 0.467. The summed E-state index contributed by atoms with van der Waals surface area (Å²) in [4.78, 5) is 0. The van der Waals surface area contributed by atoms with Crippen molar-refractivity contribution >= 4 is 0 Å². The van der Waals surface area contributed by atoms with Crippen LogP contribution in [0.4, 0.5) is 0 Å². The molecular formula is C15H23NO3. The van der Waals surface area contributed by atoms with Crippen LogP contribution >= 0.6 is 0 Å². The van der Waals surface area contributed by atoms with Gasteiger partial charge in [-0.15, -0.1) is 0 Å². The second-order valence-corrected chi connectivity index (χ2v) is 3.99. The zero-order valence-electron chi connectivity index (χ0n) is 11.8. The predicted octanol–water partition coefficient (Wildman–Crippen LogP) is 2.73. The standard InChI is InChI=1S/C15H23NO3/c1-4-18-10-6-9-16-12-13-7-8-14(19-5-2)15(11-13)17-3/h4,7-8,11,16H,1,5-6,9-10,12H2,2-3H3. The van der Waals surface area contributed by atoms with E-state index in [4.69, 9.17) is 14.2 Å². The Morgan fingerprint density at radius 2 is 2.16 bits per heavy atom. The summed E-state index contributed by atoms with van der Waals surface area (Å²) in [6.07, 6.45) is 2.43. The molecule has 0 aliphatic rings. The Kier molecular flexibility index (Phi) is 7.51. The molecule has 0 unspecified atom stereocenters. The maximum absolute atomic E-state index is 5.48. The van der Waals surface area contributed by atoms with Gasteiger partial charge < -0.3 is 19.5 Å². The van der Waals surface area contributed by atoms with Crippen LogP contribution in [0.25, 0.3) is 0 Å². The fourth-order valence-electron chi connectivity index (χ4n) is 1.69. The third kappa shape index (κ3) is 5.66. The Labute approximate surface area is 115 Å². The van der Waals surface area contributed by atoms with E-state index in [0.29, 0.717) is 13.2 Å². The normalized spacial score (nSPS) is 10.0. The topological polar surface area (TPSA) is 39.7 Å². The first kappa shape index (κ1) is 15.4. The molecule has 0 aliphatic carbocycles. The molecule has 0 aliphatic heterocycles. The van der Waals surface area contributed by atoms with Crippen LogP contribution in [0.15, 0.2) is 31.0 Å². The second kappa shape index (κ2) is 9.28. The minimum Gasteiger partial charge on any atom is -0.502 e. The molecule has 0 spiro atoms. The van der Waals surface area contributed by atoms with Crippen molar-refractivity contribution in [2.45, 2.75) is 19.9 Å². The number of hydrogen-bond donors (Lipinski definition) is 1. The molecule has 0 fully saturated rings. The van der Waals surface area contributed by atoms with Gasteiger partial charge in [0.2, 0.25) is 0 Å². The minimum absolute atomic E-state index is 0.636. The molecule has 4 heteroatoms. The molecule has 0 heterocycles. The lowest BCUT2D eigenvalue weighted by molar-refractivity contribution is 0.244. The monoisotopic (exact) mass is 265 g/mol. The molecule has 4 nitrogen and oxygen atoms in total. The maximum atomic E-state index is 5.48. The zero-order chi connectivity index (χ0) is 13.9. The number of ether oxygens (including phenoxy) is 3. The van der Waals surface area contributed by atoms with Crippen molar-refractivity contribution in [3.63, 3.8) is 0 Å². The number of hydrogen-bond acceptors (Lipinski definition) is 4. The number of nitrogens with one attached hydrogen (secondary N) is 1. The quantitative estimate of drug-likeness (QED) is 0.521. The molecule has 19 heavy (non-hydrogen) atoms. The lowest BCUT2D eigenvalue weighted by Crippen LogP contribution is -2.16. The van der Waals surface area contributed by atoms with Gasteiger partial charge >= 0.3 is 0 Å². The van der Waals surface area contributed by atoms with E-state index < -0.39 is 0 Å². The molecule has 0 saturated heterocycles. The minimum atomic E-state index is 0.636. The lowest BCUT2D eigenvalue weighted by atomic mass is 10.2. The van der Waals surface area contributed by atoms with E-state index in [2.05, 4.69) is 11.9 Å². The van der Waals surface area contributed by atoms with Crippen molar-refractivity contribution in [1.29, 1.82) is 0 Å². The highest BCUT2D eigenvalue weighted by atomic mass is 16.5. The highest BCUT2D eigenvalue weighted by Gasteiger charge is 2.04. The molecule has 0 atom stereocenters. The first-order chi connectivity index (χ1) is 9.31.